The SMILES string of the molecule is CCCc1c(Br)cc(C=O)n1Cc1ccc(-c2ccccc2-c2nn[nH]n2)cc1. The molecule has 4 aromatic rings. The summed E-state index contributed by atoms with van der Waals surface area (Å²) in [7, 11) is 0. The second-order valence-corrected chi connectivity index (χ2v) is 7.65. The number of aromatic amines is 1. The second kappa shape index (κ2) is 8.53. The van der Waals surface area contributed by atoms with Crippen LogP contribution in [0.5, 0.6) is 0 Å². The van der Waals surface area contributed by atoms with Gasteiger partial charge in [0.1, 0.15) is 0 Å². The van der Waals surface area contributed by atoms with Crippen LogP contribution >= 0.6 is 15.9 Å². The summed E-state index contributed by atoms with van der Waals surface area (Å²) in [5.41, 5.74) is 6.02. The third-order valence-electron chi connectivity index (χ3n) is 4.91. The normalized spacial score (nSPS) is 11.0. The largest absolute Gasteiger partial charge is 0.337 e. The Morgan fingerprint density at radius 3 is 2.52 bits per heavy atom. The molecule has 6 nitrogen and oxygen atoms in total. The Balaban J connectivity index is 1.65. The van der Waals surface area contributed by atoms with Crippen molar-refractivity contribution in [2.75, 3.05) is 0 Å². The monoisotopic (exact) mass is 449 g/mol. The van der Waals surface area contributed by atoms with Crippen LogP contribution in [0.2, 0.25) is 0 Å². The van der Waals surface area contributed by atoms with Crippen molar-refractivity contribution in [2.45, 2.75) is 26.3 Å². The Labute approximate surface area is 177 Å². The molecular formula is C22H20BrN5O. The molecule has 2 heterocycles. The van der Waals surface area contributed by atoms with Crippen molar-refractivity contribution in [3.05, 3.63) is 76.0 Å². The van der Waals surface area contributed by atoms with Gasteiger partial charge in [0.25, 0.3) is 0 Å². The third-order valence-corrected chi connectivity index (χ3v) is 5.60. The zero-order chi connectivity index (χ0) is 20.2. The van der Waals surface area contributed by atoms with Crippen LogP contribution in [0.25, 0.3) is 22.5 Å². The molecule has 0 aliphatic carbocycles. The third kappa shape index (κ3) is 3.91. The minimum atomic E-state index is 0.571. The molecule has 146 valence electrons. The number of nitrogens with one attached hydrogen (secondary N) is 1. The van der Waals surface area contributed by atoms with Gasteiger partial charge >= 0.3 is 0 Å². The summed E-state index contributed by atoms with van der Waals surface area (Å²) in [5, 5.41) is 14.4. The molecule has 0 saturated heterocycles. The second-order valence-electron chi connectivity index (χ2n) is 6.80. The molecule has 2 aromatic carbocycles. The molecule has 7 heteroatoms. The number of halogens is 1. The first-order valence-corrected chi connectivity index (χ1v) is 10.3. The summed E-state index contributed by atoms with van der Waals surface area (Å²) in [4.78, 5) is 11.5. The highest BCUT2D eigenvalue weighted by atomic mass is 79.9. The van der Waals surface area contributed by atoms with Crippen molar-refractivity contribution >= 4 is 22.2 Å². The van der Waals surface area contributed by atoms with E-state index in [0.29, 0.717) is 18.1 Å². The van der Waals surface area contributed by atoms with Gasteiger partial charge in [-0.25, -0.2) is 0 Å². The van der Waals surface area contributed by atoms with Gasteiger partial charge in [0, 0.05) is 22.3 Å². The molecule has 29 heavy (non-hydrogen) atoms. The van der Waals surface area contributed by atoms with Gasteiger partial charge in [-0.05, 0) is 50.3 Å². The van der Waals surface area contributed by atoms with E-state index < -0.39 is 0 Å². The molecule has 2 aromatic heterocycles. The van der Waals surface area contributed by atoms with E-state index in [0.717, 1.165) is 51.5 Å². The average Bonchev–Trinajstić information content (AvgIpc) is 3.39. The molecule has 0 radical (unpaired) electrons. The standard InChI is InChI=1S/C22H20BrN5O/c1-2-5-21-20(23)12-17(14-29)28(21)13-15-8-10-16(11-9-15)18-6-3-4-7-19(18)22-24-26-27-25-22/h3-4,6-12,14H,2,5,13H2,1H3,(H,24,25,26,27). The number of hydrogen-bond acceptors (Lipinski definition) is 4. The van der Waals surface area contributed by atoms with Crippen molar-refractivity contribution in [3.63, 3.8) is 0 Å². The summed E-state index contributed by atoms with van der Waals surface area (Å²) in [6, 6.07) is 18.3. The highest BCUT2D eigenvalue weighted by molar-refractivity contribution is 9.10. The summed E-state index contributed by atoms with van der Waals surface area (Å²) in [5.74, 6) is 0.571. The maximum atomic E-state index is 11.5. The van der Waals surface area contributed by atoms with E-state index in [1.807, 2.05) is 30.3 Å². The van der Waals surface area contributed by atoms with Gasteiger partial charge in [0.2, 0.25) is 5.82 Å². The first-order valence-electron chi connectivity index (χ1n) is 9.46. The minimum Gasteiger partial charge on any atom is -0.337 e. The highest BCUT2D eigenvalue weighted by Gasteiger charge is 2.14. The van der Waals surface area contributed by atoms with E-state index in [4.69, 9.17) is 0 Å². The van der Waals surface area contributed by atoms with Crippen LogP contribution in [0.4, 0.5) is 0 Å². The Hall–Kier alpha value is -3.06. The molecule has 4 rings (SSSR count). The van der Waals surface area contributed by atoms with Crippen molar-refractivity contribution in [1.29, 1.82) is 0 Å². The van der Waals surface area contributed by atoms with Crippen molar-refractivity contribution in [1.82, 2.24) is 25.2 Å². The molecule has 0 amide bonds. The maximum absolute atomic E-state index is 11.5. The summed E-state index contributed by atoms with van der Waals surface area (Å²) < 4.78 is 3.08. The Morgan fingerprint density at radius 2 is 1.86 bits per heavy atom. The predicted octanol–water partition coefficient (Wildman–Crippen LogP) is 4.91. The fourth-order valence-corrected chi connectivity index (χ4v) is 4.18. The zero-order valence-electron chi connectivity index (χ0n) is 16.0. The first kappa shape index (κ1) is 19.3. The smallest absolute Gasteiger partial charge is 0.205 e. The number of tetrazole rings is 1. The van der Waals surface area contributed by atoms with Crippen LogP contribution in [-0.4, -0.2) is 31.5 Å². The van der Waals surface area contributed by atoms with Gasteiger partial charge in [-0.1, -0.05) is 61.9 Å². The van der Waals surface area contributed by atoms with Gasteiger partial charge in [0.15, 0.2) is 6.29 Å². The molecule has 0 aliphatic heterocycles. The van der Waals surface area contributed by atoms with Gasteiger partial charge in [0.05, 0.1) is 5.69 Å². The molecular weight excluding hydrogens is 430 g/mol. The van der Waals surface area contributed by atoms with E-state index in [1.54, 1.807) is 0 Å². The molecule has 0 spiro atoms. The summed E-state index contributed by atoms with van der Waals surface area (Å²) >= 11 is 3.59. The number of carbonyl (C=O) groups excluding carboxylic acids is 1. The lowest BCUT2D eigenvalue weighted by molar-refractivity contribution is 0.111. The molecule has 0 saturated carbocycles. The van der Waals surface area contributed by atoms with Crippen LogP contribution in [0, 0.1) is 0 Å². The maximum Gasteiger partial charge on any atom is 0.205 e. The number of nitrogens with zero attached hydrogens (tertiary/aromatic N) is 4. The van der Waals surface area contributed by atoms with E-state index >= 15 is 0 Å². The van der Waals surface area contributed by atoms with Crippen molar-refractivity contribution in [2.24, 2.45) is 0 Å². The van der Waals surface area contributed by atoms with Crippen LogP contribution in [0.1, 0.15) is 35.1 Å². The molecule has 0 unspecified atom stereocenters. The Morgan fingerprint density at radius 1 is 1.10 bits per heavy atom. The molecule has 0 bridgehead atoms. The Bertz CT molecular complexity index is 1120. The number of benzene rings is 2. The van der Waals surface area contributed by atoms with Gasteiger partial charge in [-0.3, -0.25) is 4.79 Å². The number of hydrogen-bond donors (Lipinski definition) is 1. The number of carbonyl (C=O) groups is 1. The lowest BCUT2D eigenvalue weighted by atomic mass is 9.98. The Kier molecular flexibility index (Phi) is 5.67. The topological polar surface area (TPSA) is 76.5 Å². The lowest BCUT2D eigenvalue weighted by Crippen LogP contribution is -2.08. The van der Waals surface area contributed by atoms with E-state index in [9.17, 15) is 4.79 Å². The number of aldehydes is 1. The molecule has 0 fully saturated rings. The van der Waals surface area contributed by atoms with Crippen LogP contribution in [0.15, 0.2) is 59.1 Å². The van der Waals surface area contributed by atoms with Crippen LogP contribution < -0.4 is 0 Å². The predicted molar refractivity (Wildman–Crippen MR) is 116 cm³/mol. The van der Waals surface area contributed by atoms with Gasteiger partial charge in [-0.15, -0.1) is 10.2 Å². The van der Waals surface area contributed by atoms with E-state index in [1.165, 1.54) is 0 Å². The number of rotatable bonds is 7. The number of aromatic nitrogens is 5. The average molecular weight is 450 g/mol. The number of H-pyrrole nitrogens is 1. The lowest BCUT2D eigenvalue weighted by Gasteiger charge is -2.12. The van der Waals surface area contributed by atoms with Gasteiger partial charge in [-0.2, -0.15) is 5.21 Å². The van der Waals surface area contributed by atoms with Crippen molar-refractivity contribution < 1.29 is 4.79 Å². The fraction of sp³-hybridized carbons (Fsp3) is 0.182. The quantitative estimate of drug-likeness (QED) is 0.406. The van der Waals surface area contributed by atoms with Crippen molar-refractivity contribution in [3.8, 4) is 22.5 Å². The molecule has 1 N–H and O–H groups in total. The zero-order valence-corrected chi connectivity index (χ0v) is 17.6. The van der Waals surface area contributed by atoms with E-state index in [2.05, 4.69) is 72.3 Å². The molecule has 0 aliphatic rings. The highest BCUT2D eigenvalue weighted by Crippen LogP contribution is 2.30. The first-order chi connectivity index (χ1) is 14.2. The van der Waals surface area contributed by atoms with Crippen LogP contribution in [-0.2, 0) is 13.0 Å². The molecule has 0 atom stereocenters. The van der Waals surface area contributed by atoms with Gasteiger partial charge < -0.3 is 4.57 Å². The van der Waals surface area contributed by atoms with E-state index in [-0.39, 0.29) is 0 Å². The minimum absolute atomic E-state index is 0.571. The van der Waals surface area contributed by atoms with Crippen LogP contribution in [0.3, 0.4) is 0 Å². The summed E-state index contributed by atoms with van der Waals surface area (Å²) in [6.45, 7) is 2.79. The summed E-state index contributed by atoms with van der Waals surface area (Å²) in [6.07, 6.45) is 2.86. The fourth-order valence-electron chi connectivity index (χ4n) is 3.53.